The van der Waals surface area contributed by atoms with E-state index in [1.54, 1.807) is 4.90 Å². The maximum atomic E-state index is 12.8. The van der Waals surface area contributed by atoms with Crippen LogP contribution in [0.5, 0.6) is 0 Å². The average Bonchev–Trinajstić information content (AvgIpc) is 2.53. The Morgan fingerprint density at radius 1 is 1.33 bits per heavy atom. The van der Waals surface area contributed by atoms with Gasteiger partial charge in [-0.05, 0) is 24.8 Å². The number of benzene rings is 1. The lowest BCUT2D eigenvalue weighted by Crippen LogP contribution is -2.44. The van der Waals surface area contributed by atoms with Crippen molar-refractivity contribution in [3.63, 3.8) is 0 Å². The van der Waals surface area contributed by atoms with Gasteiger partial charge in [-0.25, -0.2) is 0 Å². The van der Waals surface area contributed by atoms with Crippen LogP contribution in [0.15, 0.2) is 30.3 Å². The molecule has 4 nitrogen and oxygen atoms in total. The van der Waals surface area contributed by atoms with Crippen molar-refractivity contribution in [1.82, 2.24) is 4.90 Å². The number of carbonyl (C=O) groups excluding carboxylic acids is 1. The highest BCUT2D eigenvalue weighted by atomic mass is 16.4. The van der Waals surface area contributed by atoms with Crippen molar-refractivity contribution >= 4 is 11.9 Å². The molecule has 1 aromatic carbocycles. The number of nitrogens with zero attached hydrogens (tertiary/aromatic N) is 1. The van der Waals surface area contributed by atoms with E-state index < -0.39 is 11.9 Å². The van der Waals surface area contributed by atoms with Gasteiger partial charge in [0.25, 0.3) is 0 Å². The molecule has 1 aliphatic rings. The first-order valence-corrected chi connectivity index (χ1v) is 7.70. The largest absolute Gasteiger partial charge is 0.481 e. The minimum atomic E-state index is -0.792. The fraction of sp³-hybridized carbons (Fsp3) is 0.529. The summed E-state index contributed by atoms with van der Waals surface area (Å²) in [6.45, 7) is 3.09. The number of likely N-dealkylation sites (tertiary alicyclic amines) is 1. The van der Waals surface area contributed by atoms with Crippen LogP contribution in [0, 0.1) is 5.92 Å². The highest BCUT2D eigenvalue weighted by molar-refractivity contribution is 5.84. The molecule has 1 heterocycles. The molecule has 0 spiro atoms. The predicted molar refractivity (Wildman–Crippen MR) is 81.0 cm³/mol. The van der Waals surface area contributed by atoms with Crippen molar-refractivity contribution in [2.45, 2.75) is 38.5 Å². The molecule has 1 amide bonds. The molecule has 1 aromatic rings. The van der Waals surface area contributed by atoms with E-state index in [1.807, 2.05) is 30.3 Å². The molecular formula is C17H23NO3. The molecule has 2 unspecified atom stereocenters. The molecule has 1 aliphatic heterocycles. The lowest BCUT2D eigenvalue weighted by atomic mass is 9.91. The summed E-state index contributed by atoms with van der Waals surface area (Å²) in [7, 11) is 0. The number of amides is 1. The summed E-state index contributed by atoms with van der Waals surface area (Å²) in [5.74, 6) is -1.28. The van der Waals surface area contributed by atoms with Crippen molar-refractivity contribution in [2.75, 3.05) is 13.1 Å². The van der Waals surface area contributed by atoms with E-state index in [4.69, 9.17) is 5.11 Å². The summed E-state index contributed by atoms with van der Waals surface area (Å²) in [4.78, 5) is 25.7. The topological polar surface area (TPSA) is 57.6 Å². The Kier molecular flexibility index (Phi) is 5.37. The van der Waals surface area contributed by atoms with Crippen LogP contribution < -0.4 is 0 Å². The third-order valence-corrected chi connectivity index (χ3v) is 4.16. The minimum Gasteiger partial charge on any atom is -0.481 e. The van der Waals surface area contributed by atoms with E-state index in [0.29, 0.717) is 19.5 Å². The average molecular weight is 289 g/mol. The Morgan fingerprint density at radius 2 is 2.05 bits per heavy atom. The van der Waals surface area contributed by atoms with Gasteiger partial charge in [0.1, 0.15) is 0 Å². The van der Waals surface area contributed by atoms with Gasteiger partial charge in [0.05, 0.1) is 11.8 Å². The van der Waals surface area contributed by atoms with Crippen molar-refractivity contribution < 1.29 is 14.7 Å². The second kappa shape index (κ2) is 7.25. The van der Waals surface area contributed by atoms with Crippen LogP contribution in [0.3, 0.4) is 0 Å². The van der Waals surface area contributed by atoms with Gasteiger partial charge in [0.2, 0.25) is 5.91 Å². The Hall–Kier alpha value is -1.84. The summed E-state index contributed by atoms with van der Waals surface area (Å²) in [6.07, 6.45) is 3.18. The molecule has 0 bridgehead atoms. The van der Waals surface area contributed by atoms with Crippen LogP contribution in [0.4, 0.5) is 0 Å². The number of rotatable bonds is 5. The first kappa shape index (κ1) is 15.5. The predicted octanol–water partition coefficient (Wildman–Crippen LogP) is 2.89. The molecule has 0 radical (unpaired) electrons. The van der Waals surface area contributed by atoms with Gasteiger partial charge in [-0.1, -0.05) is 43.7 Å². The smallest absolute Gasteiger partial charge is 0.308 e. The van der Waals surface area contributed by atoms with E-state index in [2.05, 4.69) is 6.92 Å². The maximum Gasteiger partial charge on any atom is 0.308 e. The van der Waals surface area contributed by atoms with Crippen LogP contribution in [0.2, 0.25) is 0 Å². The molecule has 0 aromatic heterocycles. The fourth-order valence-electron chi connectivity index (χ4n) is 3.01. The summed E-state index contributed by atoms with van der Waals surface area (Å²) in [6, 6.07) is 9.80. The second-order valence-corrected chi connectivity index (χ2v) is 5.71. The van der Waals surface area contributed by atoms with Gasteiger partial charge in [-0.15, -0.1) is 0 Å². The number of carbonyl (C=O) groups is 2. The molecule has 114 valence electrons. The Bertz CT molecular complexity index is 486. The summed E-state index contributed by atoms with van der Waals surface area (Å²) in [5.41, 5.74) is 1.03. The first-order chi connectivity index (χ1) is 10.1. The van der Waals surface area contributed by atoms with E-state index in [-0.39, 0.29) is 11.8 Å². The fourth-order valence-corrected chi connectivity index (χ4v) is 3.01. The van der Waals surface area contributed by atoms with Crippen LogP contribution in [-0.2, 0) is 9.59 Å². The lowest BCUT2D eigenvalue weighted by molar-refractivity contribution is -0.146. The zero-order valence-corrected chi connectivity index (χ0v) is 12.5. The Morgan fingerprint density at radius 3 is 2.67 bits per heavy atom. The van der Waals surface area contributed by atoms with E-state index in [9.17, 15) is 9.59 Å². The van der Waals surface area contributed by atoms with Crippen LogP contribution in [-0.4, -0.2) is 35.0 Å². The molecule has 2 rings (SSSR count). The van der Waals surface area contributed by atoms with Crippen molar-refractivity contribution in [3.8, 4) is 0 Å². The maximum absolute atomic E-state index is 12.8. The molecule has 4 heteroatoms. The number of hydrogen-bond donors (Lipinski definition) is 1. The molecule has 2 atom stereocenters. The molecule has 0 saturated carbocycles. The van der Waals surface area contributed by atoms with Gasteiger partial charge >= 0.3 is 5.97 Å². The number of hydrogen-bond acceptors (Lipinski definition) is 2. The van der Waals surface area contributed by atoms with Gasteiger partial charge in [0, 0.05) is 13.1 Å². The zero-order chi connectivity index (χ0) is 15.2. The second-order valence-electron chi connectivity index (χ2n) is 5.71. The van der Waals surface area contributed by atoms with Gasteiger partial charge in [0.15, 0.2) is 0 Å². The molecule has 1 saturated heterocycles. The first-order valence-electron chi connectivity index (χ1n) is 7.70. The van der Waals surface area contributed by atoms with Gasteiger partial charge < -0.3 is 10.0 Å². The van der Waals surface area contributed by atoms with Crippen molar-refractivity contribution in [1.29, 1.82) is 0 Å². The number of piperidine rings is 1. The van der Waals surface area contributed by atoms with Gasteiger partial charge in [-0.2, -0.15) is 0 Å². The minimum absolute atomic E-state index is 0.0778. The molecule has 1 fully saturated rings. The van der Waals surface area contributed by atoms with Crippen LogP contribution in [0.1, 0.15) is 44.1 Å². The molecule has 0 aliphatic carbocycles. The summed E-state index contributed by atoms with van der Waals surface area (Å²) >= 11 is 0. The number of carboxylic acids is 1. The highest BCUT2D eigenvalue weighted by Gasteiger charge is 2.31. The summed E-state index contributed by atoms with van der Waals surface area (Å²) in [5, 5.41) is 9.16. The lowest BCUT2D eigenvalue weighted by Gasteiger charge is -2.33. The van der Waals surface area contributed by atoms with E-state index in [1.165, 1.54) is 0 Å². The van der Waals surface area contributed by atoms with E-state index in [0.717, 1.165) is 24.8 Å². The third kappa shape index (κ3) is 3.84. The summed E-state index contributed by atoms with van der Waals surface area (Å²) < 4.78 is 0. The number of aliphatic carboxylic acids is 1. The standard InChI is InChI=1S/C17H23NO3/c1-2-7-15(13-8-4-3-5-9-13)16(19)18-11-6-10-14(12-18)17(20)21/h3-5,8-9,14-15H,2,6-7,10-12H2,1H3,(H,20,21). The SMILES string of the molecule is CCCC(C(=O)N1CCCC(C(=O)O)C1)c1ccccc1. The van der Waals surface area contributed by atoms with Crippen LogP contribution in [0.25, 0.3) is 0 Å². The molecule has 21 heavy (non-hydrogen) atoms. The van der Waals surface area contributed by atoms with Gasteiger partial charge in [-0.3, -0.25) is 9.59 Å². The van der Waals surface area contributed by atoms with Crippen molar-refractivity contribution in [2.24, 2.45) is 5.92 Å². The Labute approximate surface area is 125 Å². The normalized spacial score (nSPS) is 20.0. The molecule has 1 N–H and O–H groups in total. The van der Waals surface area contributed by atoms with E-state index >= 15 is 0 Å². The highest BCUT2D eigenvalue weighted by Crippen LogP contribution is 2.26. The quantitative estimate of drug-likeness (QED) is 0.906. The van der Waals surface area contributed by atoms with Crippen molar-refractivity contribution in [3.05, 3.63) is 35.9 Å². The monoisotopic (exact) mass is 289 g/mol. The van der Waals surface area contributed by atoms with Crippen LogP contribution >= 0.6 is 0 Å². The third-order valence-electron chi connectivity index (χ3n) is 4.16. The zero-order valence-electron chi connectivity index (χ0n) is 12.5. The Balaban J connectivity index is 2.13. The molecular weight excluding hydrogens is 266 g/mol. The number of carboxylic acid groups (broad SMARTS) is 1.